The van der Waals surface area contributed by atoms with Crippen LogP contribution in [0, 0.1) is 0 Å². The maximum absolute atomic E-state index is 14.4. The van der Waals surface area contributed by atoms with Crippen LogP contribution in [0.25, 0.3) is 0 Å². The number of alkyl halides is 12. The van der Waals surface area contributed by atoms with Gasteiger partial charge in [0.25, 0.3) is 0 Å². The van der Waals surface area contributed by atoms with Crippen LogP contribution in [0.2, 0.25) is 30.1 Å². The average Bonchev–Trinajstić information content (AvgIpc) is 3.88. The lowest BCUT2D eigenvalue weighted by atomic mass is 9.79. The molecule has 2 heterocycles. The van der Waals surface area contributed by atoms with Gasteiger partial charge in [-0.2, -0.15) is 52.7 Å². The van der Waals surface area contributed by atoms with Gasteiger partial charge in [-0.3, -0.25) is 4.79 Å². The molecule has 2 aliphatic heterocycles. The summed E-state index contributed by atoms with van der Waals surface area (Å²) in [6, 6.07) is 11.1. The number of benzene rings is 4. The van der Waals surface area contributed by atoms with Gasteiger partial charge in [0.15, 0.2) is 0 Å². The zero-order chi connectivity index (χ0) is 50.5. The minimum absolute atomic E-state index is 0.0226. The lowest BCUT2D eigenvalue weighted by Gasteiger charge is -2.33. The van der Waals surface area contributed by atoms with Crippen LogP contribution in [0.3, 0.4) is 0 Å². The molecule has 67 heavy (non-hydrogen) atoms. The van der Waals surface area contributed by atoms with Gasteiger partial charge in [0.1, 0.15) is 16.4 Å². The van der Waals surface area contributed by atoms with Crippen LogP contribution in [0.4, 0.5) is 64.1 Å². The topological polar surface area (TPSA) is 58.8 Å². The number of hydrogen-bond acceptors (Lipinski definition) is 5. The summed E-state index contributed by atoms with van der Waals surface area (Å²) in [6.07, 6.45) is -20.2. The highest BCUT2D eigenvalue weighted by Gasteiger charge is 2.60. The largest absolute Gasteiger partial charge is 0.460 e. The van der Waals surface area contributed by atoms with Crippen molar-refractivity contribution >= 4 is 86.9 Å². The smallest absolute Gasteiger partial charge is 0.416 e. The van der Waals surface area contributed by atoms with Gasteiger partial charge in [0, 0.05) is 50.5 Å². The molecule has 2 unspecified atom stereocenters. The highest BCUT2D eigenvalue weighted by Crippen LogP contribution is 2.53. The third-order valence-electron chi connectivity index (χ3n) is 11.5. The van der Waals surface area contributed by atoms with E-state index >= 15 is 0 Å². The number of halogens is 18. The predicted octanol–water partition coefficient (Wildman–Crippen LogP) is 15.5. The quantitative estimate of drug-likeness (QED) is 0.108. The number of esters is 1. The first-order valence-corrected chi connectivity index (χ1v) is 22.2. The fraction of sp³-hybridized carbons (Fsp3) is 0.432. The van der Waals surface area contributed by atoms with Crippen molar-refractivity contribution in [3.05, 3.63) is 124 Å². The highest BCUT2D eigenvalue weighted by molar-refractivity contribution is 6.48. The normalized spacial score (nSPS) is 19.4. The Labute approximate surface area is 407 Å². The van der Waals surface area contributed by atoms with Crippen molar-refractivity contribution in [3.63, 3.8) is 0 Å². The summed E-state index contributed by atoms with van der Waals surface area (Å²) in [5, 5.41) is -0.724. The van der Waals surface area contributed by atoms with Crippen molar-refractivity contribution in [2.45, 2.75) is 94.1 Å². The predicted molar refractivity (Wildman–Crippen MR) is 237 cm³/mol. The highest BCUT2D eigenvalue weighted by atomic mass is 35.5. The van der Waals surface area contributed by atoms with Crippen LogP contribution >= 0.6 is 69.6 Å². The molecule has 2 fully saturated rings. The molecule has 0 aliphatic carbocycles. The van der Waals surface area contributed by atoms with Crippen LogP contribution < -0.4 is 15.5 Å². The Kier molecular flexibility index (Phi) is 16.3. The fourth-order valence-electron chi connectivity index (χ4n) is 8.06. The van der Waals surface area contributed by atoms with Crippen LogP contribution in [0.15, 0.2) is 60.7 Å². The zero-order valence-electron chi connectivity index (χ0n) is 35.2. The average molecular weight is 1080 g/mol. The molecule has 0 amide bonds. The first-order valence-electron chi connectivity index (χ1n) is 19.9. The van der Waals surface area contributed by atoms with Gasteiger partial charge in [-0.15, -0.1) is 0 Å². The molecule has 2 aliphatic rings. The number of nitrogens with two attached hydrogens (primary N) is 1. The van der Waals surface area contributed by atoms with E-state index in [1.165, 1.54) is 34.1 Å². The van der Waals surface area contributed by atoms with Crippen molar-refractivity contribution in [3.8, 4) is 0 Å². The first-order chi connectivity index (χ1) is 30.6. The fourth-order valence-corrected chi connectivity index (χ4v) is 9.25. The maximum Gasteiger partial charge on any atom is 0.416 e. The summed E-state index contributed by atoms with van der Waals surface area (Å²) >= 11 is 35.6. The van der Waals surface area contributed by atoms with Crippen LogP contribution in [0.1, 0.15) is 73.4 Å². The monoisotopic (exact) mass is 1080 g/mol. The Hall–Kier alpha value is -3.19. The maximum atomic E-state index is 14.4. The number of carbonyl (C=O) groups is 1. The first kappa shape index (κ1) is 54.7. The number of nitrogens with zero attached hydrogens (tertiary/aromatic N) is 2. The standard InChI is InChI=1S/C25H24Cl3F6NO2.C19H15Cl3F6N2/c1-22(2,3)37-20(36)7-5-14-4-6-16(12-17(14)24(29,30)31)35-9-8-23(13-35,25(32,33)34)15-10-18(26)21(28)19(27)11-15;20-14-5-11(6-15(21)16(14)22)17(19(26,27)28)3-4-30(9-17)12-2-1-10(8-29)13(7-12)18(23,24)25/h4,6,10-12H,5,7-9,13H2,1-3H3;1-2,5-7H,3-4,8-9,29H2. The SMILES string of the molecule is CC(C)(C)OC(=O)CCc1ccc(N2CCC(c3cc(Cl)c(Cl)c(Cl)c3)(C(F)(F)F)C2)cc1C(F)(F)F.NCc1ccc(N2CCC(c3cc(Cl)c(Cl)c(Cl)c3)(C(F)(F)F)C2)cc1C(F)(F)F. The Morgan fingerprint density at radius 1 is 0.597 bits per heavy atom. The Bertz CT molecular complexity index is 2430. The second-order valence-corrected chi connectivity index (χ2v) is 19.4. The number of rotatable bonds is 8. The van der Waals surface area contributed by atoms with Gasteiger partial charge in [-0.1, -0.05) is 81.7 Å². The van der Waals surface area contributed by atoms with Crippen molar-refractivity contribution in [2.75, 3.05) is 36.0 Å². The van der Waals surface area contributed by atoms with Gasteiger partial charge in [-0.25, -0.2) is 0 Å². The lowest BCUT2D eigenvalue weighted by Crippen LogP contribution is -2.45. The third-order valence-corrected chi connectivity index (χ3v) is 13.9. The van der Waals surface area contributed by atoms with Crippen molar-refractivity contribution in [2.24, 2.45) is 5.73 Å². The van der Waals surface area contributed by atoms with E-state index in [0.717, 1.165) is 36.4 Å². The summed E-state index contributed by atoms with van der Waals surface area (Å²) in [5.41, 5.74) is -2.87. The number of ether oxygens (including phenoxy) is 1. The van der Waals surface area contributed by atoms with E-state index in [9.17, 15) is 57.5 Å². The number of hydrogen-bond donors (Lipinski definition) is 1. The summed E-state index contributed by atoms with van der Waals surface area (Å²) in [7, 11) is 0. The molecule has 2 N–H and O–H groups in total. The molecule has 0 radical (unpaired) electrons. The number of anilines is 2. The van der Waals surface area contributed by atoms with Crippen molar-refractivity contribution in [1.82, 2.24) is 0 Å². The van der Waals surface area contributed by atoms with Crippen molar-refractivity contribution < 1.29 is 62.2 Å². The number of aryl methyl sites for hydroxylation is 1. The Morgan fingerprint density at radius 3 is 1.28 bits per heavy atom. The van der Waals surface area contributed by atoms with Gasteiger partial charge in [0.05, 0.1) is 41.3 Å². The van der Waals surface area contributed by atoms with Crippen LogP contribution in [0.5, 0.6) is 0 Å². The van der Waals surface area contributed by atoms with E-state index in [0.29, 0.717) is 0 Å². The summed E-state index contributed by atoms with van der Waals surface area (Å²) in [5.74, 6) is -0.653. The molecule has 5 nitrogen and oxygen atoms in total. The molecule has 368 valence electrons. The van der Waals surface area contributed by atoms with E-state index in [1.54, 1.807) is 20.8 Å². The molecule has 0 saturated carbocycles. The molecule has 4 aromatic carbocycles. The molecule has 2 saturated heterocycles. The molecular weight excluding hydrogens is 1040 g/mol. The minimum Gasteiger partial charge on any atom is -0.460 e. The summed E-state index contributed by atoms with van der Waals surface area (Å²) in [4.78, 5) is 14.5. The zero-order valence-corrected chi connectivity index (χ0v) is 39.8. The van der Waals surface area contributed by atoms with Crippen molar-refractivity contribution in [1.29, 1.82) is 0 Å². The molecule has 0 spiro atoms. The Balaban J connectivity index is 0.000000256. The van der Waals surface area contributed by atoms with Gasteiger partial charge >= 0.3 is 30.7 Å². The molecule has 23 heteroatoms. The molecule has 0 bridgehead atoms. The van der Waals surface area contributed by atoms with Gasteiger partial charge in [-0.05, 0) is 111 Å². The molecule has 6 rings (SSSR count). The molecule has 4 aromatic rings. The van der Waals surface area contributed by atoms with E-state index in [2.05, 4.69) is 0 Å². The second-order valence-electron chi connectivity index (χ2n) is 17.0. The van der Waals surface area contributed by atoms with Gasteiger partial charge in [0.2, 0.25) is 0 Å². The van der Waals surface area contributed by atoms with E-state index in [1.807, 2.05) is 0 Å². The van der Waals surface area contributed by atoms with Gasteiger partial charge < -0.3 is 20.3 Å². The van der Waals surface area contributed by atoms with Crippen LogP contribution in [-0.2, 0) is 45.7 Å². The van der Waals surface area contributed by atoms with Crippen LogP contribution in [-0.4, -0.2) is 50.1 Å². The van der Waals surface area contributed by atoms with E-state index in [-0.39, 0.29) is 103 Å². The Morgan fingerprint density at radius 2 is 0.955 bits per heavy atom. The van der Waals surface area contributed by atoms with E-state index in [4.69, 9.17) is 80.1 Å². The number of carbonyl (C=O) groups excluding carboxylic acids is 1. The molecular formula is C44H39Cl6F12N3O2. The second kappa shape index (κ2) is 19.9. The third kappa shape index (κ3) is 12.1. The molecule has 2 atom stereocenters. The minimum atomic E-state index is -4.78. The van der Waals surface area contributed by atoms with E-state index < -0.39 is 77.7 Å². The summed E-state index contributed by atoms with van der Waals surface area (Å²) in [6.45, 7) is 3.08. The molecule has 0 aromatic heterocycles. The lowest BCUT2D eigenvalue weighted by molar-refractivity contribution is -0.185. The summed E-state index contributed by atoms with van der Waals surface area (Å²) < 4.78 is 173.